The van der Waals surface area contributed by atoms with Gasteiger partial charge in [0.15, 0.2) is 0 Å². The zero-order valence-electron chi connectivity index (χ0n) is 9.04. The van der Waals surface area contributed by atoms with Crippen molar-refractivity contribution in [2.24, 2.45) is 5.92 Å². The molecule has 0 aliphatic heterocycles. The molecule has 0 bridgehead atoms. The van der Waals surface area contributed by atoms with Crippen LogP contribution >= 0.6 is 0 Å². The van der Waals surface area contributed by atoms with E-state index >= 15 is 0 Å². The summed E-state index contributed by atoms with van der Waals surface area (Å²) in [6.07, 6.45) is 0.887. The third-order valence-electron chi connectivity index (χ3n) is 1.63. The van der Waals surface area contributed by atoms with Crippen molar-refractivity contribution in [3.63, 3.8) is 0 Å². The molecule has 0 radical (unpaired) electrons. The first-order valence-electron chi connectivity index (χ1n) is 4.94. The predicted molar refractivity (Wildman–Crippen MR) is 51.7 cm³/mol. The molecule has 0 N–H and O–H groups in total. The number of carbonyl (C=O) groups excluding carboxylic acids is 2. The van der Waals surface area contributed by atoms with E-state index in [4.69, 9.17) is 9.47 Å². The van der Waals surface area contributed by atoms with Crippen LogP contribution < -0.4 is 0 Å². The Hall–Kier alpha value is -1.06. The SMILES string of the molecule is CCCOC(=O)CC(C)C(=O)OCC. The van der Waals surface area contributed by atoms with Gasteiger partial charge in [0.1, 0.15) is 0 Å². The van der Waals surface area contributed by atoms with E-state index in [9.17, 15) is 9.59 Å². The maximum absolute atomic E-state index is 11.1. The lowest BCUT2D eigenvalue weighted by Gasteiger charge is -2.09. The summed E-state index contributed by atoms with van der Waals surface area (Å²) in [5, 5.41) is 0. The van der Waals surface area contributed by atoms with Gasteiger partial charge in [-0.25, -0.2) is 0 Å². The lowest BCUT2D eigenvalue weighted by atomic mass is 10.1. The summed E-state index contributed by atoms with van der Waals surface area (Å²) in [7, 11) is 0. The lowest BCUT2D eigenvalue weighted by molar-refractivity contribution is -0.154. The van der Waals surface area contributed by atoms with Crippen LogP contribution in [-0.2, 0) is 19.1 Å². The third kappa shape index (κ3) is 5.56. The van der Waals surface area contributed by atoms with Gasteiger partial charge in [-0.05, 0) is 13.3 Å². The van der Waals surface area contributed by atoms with Gasteiger partial charge in [-0.2, -0.15) is 0 Å². The fraction of sp³-hybridized carbons (Fsp3) is 0.800. The highest BCUT2D eigenvalue weighted by Gasteiger charge is 2.18. The summed E-state index contributed by atoms with van der Waals surface area (Å²) in [4.78, 5) is 22.2. The summed E-state index contributed by atoms with van der Waals surface area (Å²) in [5.74, 6) is -1.10. The summed E-state index contributed by atoms with van der Waals surface area (Å²) in [6.45, 7) is 6.06. The van der Waals surface area contributed by atoms with Gasteiger partial charge in [-0.15, -0.1) is 0 Å². The first kappa shape index (κ1) is 12.9. The molecular formula is C10H18O4. The van der Waals surface area contributed by atoms with Crippen LogP contribution in [-0.4, -0.2) is 25.2 Å². The van der Waals surface area contributed by atoms with Crippen molar-refractivity contribution in [3.05, 3.63) is 0 Å². The van der Waals surface area contributed by atoms with Crippen LogP contribution in [0.5, 0.6) is 0 Å². The maximum Gasteiger partial charge on any atom is 0.309 e. The molecule has 0 saturated carbocycles. The summed E-state index contributed by atoms with van der Waals surface area (Å²) < 4.78 is 9.61. The normalized spacial score (nSPS) is 11.9. The summed E-state index contributed by atoms with van der Waals surface area (Å²) >= 11 is 0. The largest absolute Gasteiger partial charge is 0.466 e. The molecule has 0 spiro atoms. The van der Waals surface area contributed by atoms with E-state index < -0.39 is 5.92 Å². The number of hydrogen-bond donors (Lipinski definition) is 0. The molecular weight excluding hydrogens is 184 g/mol. The molecule has 14 heavy (non-hydrogen) atoms. The van der Waals surface area contributed by atoms with Gasteiger partial charge in [0.25, 0.3) is 0 Å². The molecule has 0 amide bonds. The van der Waals surface area contributed by atoms with Crippen molar-refractivity contribution in [1.29, 1.82) is 0 Å². The lowest BCUT2D eigenvalue weighted by Crippen LogP contribution is -2.19. The molecule has 0 aromatic rings. The first-order chi connectivity index (χ1) is 6.61. The monoisotopic (exact) mass is 202 g/mol. The molecule has 0 aromatic heterocycles. The maximum atomic E-state index is 11.1. The average Bonchev–Trinajstić information content (AvgIpc) is 2.15. The Morgan fingerprint density at radius 1 is 1.21 bits per heavy atom. The van der Waals surface area contributed by atoms with Crippen molar-refractivity contribution >= 4 is 11.9 Å². The minimum Gasteiger partial charge on any atom is -0.466 e. The highest BCUT2D eigenvalue weighted by molar-refractivity contribution is 5.79. The van der Waals surface area contributed by atoms with E-state index in [0.717, 1.165) is 6.42 Å². The van der Waals surface area contributed by atoms with Crippen LogP contribution in [0.15, 0.2) is 0 Å². The first-order valence-corrected chi connectivity index (χ1v) is 4.94. The molecule has 82 valence electrons. The van der Waals surface area contributed by atoms with Gasteiger partial charge in [0.2, 0.25) is 0 Å². The Balaban J connectivity index is 3.75. The minimum atomic E-state index is -0.417. The van der Waals surface area contributed by atoms with Crippen molar-refractivity contribution in [1.82, 2.24) is 0 Å². The third-order valence-corrected chi connectivity index (χ3v) is 1.63. The molecule has 0 heterocycles. The van der Waals surface area contributed by atoms with Crippen molar-refractivity contribution in [2.45, 2.75) is 33.6 Å². The Morgan fingerprint density at radius 2 is 1.86 bits per heavy atom. The molecule has 0 aromatic carbocycles. The van der Waals surface area contributed by atoms with Crippen molar-refractivity contribution in [3.8, 4) is 0 Å². The topological polar surface area (TPSA) is 52.6 Å². The van der Waals surface area contributed by atoms with Gasteiger partial charge < -0.3 is 9.47 Å². The minimum absolute atomic E-state index is 0.0961. The van der Waals surface area contributed by atoms with Crippen LogP contribution in [0.2, 0.25) is 0 Å². The molecule has 4 nitrogen and oxygen atoms in total. The Bertz CT molecular complexity index is 189. The van der Waals surface area contributed by atoms with Crippen LogP contribution in [0, 0.1) is 5.92 Å². The van der Waals surface area contributed by atoms with Gasteiger partial charge in [-0.3, -0.25) is 9.59 Å². The average molecular weight is 202 g/mol. The molecule has 0 rings (SSSR count). The molecule has 1 atom stereocenters. The molecule has 1 unspecified atom stereocenters. The van der Waals surface area contributed by atoms with Crippen LogP contribution in [0.1, 0.15) is 33.6 Å². The van der Waals surface area contributed by atoms with Gasteiger partial charge in [0.05, 0.1) is 25.6 Å². The quantitative estimate of drug-likeness (QED) is 0.613. The molecule has 0 aliphatic carbocycles. The van der Waals surface area contributed by atoms with E-state index in [1.165, 1.54) is 0 Å². The number of hydrogen-bond acceptors (Lipinski definition) is 4. The van der Waals surface area contributed by atoms with Crippen molar-refractivity contribution in [2.75, 3.05) is 13.2 Å². The van der Waals surface area contributed by atoms with E-state index in [2.05, 4.69) is 0 Å². The number of carbonyl (C=O) groups is 2. The van der Waals surface area contributed by atoms with E-state index in [-0.39, 0.29) is 18.4 Å². The second-order valence-corrected chi connectivity index (χ2v) is 3.08. The number of rotatable bonds is 6. The zero-order valence-corrected chi connectivity index (χ0v) is 9.04. The Kier molecular flexibility index (Phi) is 6.80. The summed E-state index contributed by atoms with van der Waals surface area (Å²) in [6, 6.07) is 0. The Morgan fingerprint density at radius 3 is 2.36 bits per heavy atom. The molecule has 0 saturated heterocycles. The van der Waals surface area contributed by atoms with Crippen LogP contribution in [0.25, 0.3) is 0 Å². The van der Waals surface area contributed by atoms with E-state index in [0.29, 0.717) is 13.2 Å². The van der Waals surface area contributed by atoms with Gasteiger partial charge in [-0.1, -0.05) is 13.8 Å². The molecule has 4 heteroatoms. The van der Waals surface area contributed by atoms with E-state index in [1.807, 2.05) is 6.92 Å². The van der Waals surface area contributed by atoms with Crippen molar-refractivity contribution < 1.29 is 19.1 Å². The summed E-state index contributed by atoms with van der Waals surface area (Å²) in [5.41, 5.74) is 0. The van der Waals surface area contributed by atoms with E-state index in [1.54, 1.807) is 13.8 Å². The van der Waals surface area contributed by atoms with Gasteiger partial charge >= 0.3 is 11.9 Å². The fourth-order valence-electron chi connectivity index (χ4n) is 0.893. The highest BCUT2D eigenvalue weighted by atomic mass is 16.5. The highest BCUT2D eigenvalue weighted by Crippen LogP contribution is 2.06. The fourth-order valence-corrected chi connectivity index (χ4v) is 0.893. The second kappa shape index (κ2) is 7.35. The number of esters is 2. The standard InChI is InChI=1S/C10H18O4/c1-4-6-14-9(11)7-8(3)10(12)13-5-2/h8H,4-7H2,1-3H3. The smallest absolute Gasteiger partial charge is 0.309 e. The molecule has 0 fully saturated rings. The predicted octanol–water partition coefficient (Wildman–Crippen LogP) is 1.53. The Labute approximate surface area is 84.6 Å². The molecule has 0 aliphatic rings. The van der Waals surface area contributed by atoms with Crippen LogP contribution in [0.3, 0.4) is 0 Å². The second-order valence-electron chi connectivity index (χ2n) is 3.08. The zero-order chi connectivity index (χ0) is 11.0. The van der Waals surface area contributed by atoms with Crippen LogP contribution in [0.4, 0.5) is 0 Å². The van der Waals surface area contributed by atoms with Gasteiger partial charge in [0, 0.05) is 0 Å². The number of ether oxygens (including phenoxy) is 2.